The van der Waals surface area contributed by atoms with Crippen molar-refractivity contribution in [2.45, 2.75) is 6.54 Å². The maximum atomic E-state index is 5.58. The number of benzene rings is 1. The molecule has 0 aliphatic heterocycles. The summed E-state index contributed by atoms with van der Waals surface area (Å²) in [5.41, 5.74) is 2.44. The normalized spacial score (nSPS) is 10.4. The Balaban J connectivity index is 0.00000144. The molecule has 1 aromatic heterocycles. The van der Waals surface area contributed by atoms with Crippen LogP contribution < -0.4 is 0 Å². The minimum Gasteiger partial charge on any atom is -0.333 e. The summed E-state index contributed by atoms with van der Waals surface area (Å²) >= 11 is 5.58. The van der Waals surface area contributed by atoms with Gasteiger partial charge in [-0.1, -0.05) is 36.4 Å². The second kappa shape index (κ2) is 7.15. The molecule has 0 unspecified atom stereocenters. The van der Waals surface area contributed by atoms with Gasteiger partial charge in [0.1, 0.15) is 0 Å². The predicted molar refractivity (Wildman–Crippen MR) is 74.8 cm³/mol. The first-order valence-corrected chi connectivity index (χ1v) is 5.69. The molecule has 0 bridgehead atoms. The van der Waals surface area contributed by atoms with E-state index in [0.717, 1.165) is 6.54 Å². The lowest BCUT2D eigenvalue weighted by Gasteiger charge is -2.02. The van der Waals surface area contributed by atoms with Gasteiger partial charge in [0.2, 0.25) is 0 Å². The van der Waals surface area contributed by atoms with E-state index in [1.807, 2.05) is 29.2 Å². The molecule has 0 saturated carbocycles. The van der Waals surface area contributed by atoms with Crippen LogP contribution in [0.25, 0.3) is 6.08 Å². The number of nitrogens with zero attached hydrogens (tertiary/aromatic N) is 2. The van der Waals surface area contributed by atoms with Gasteiger partial charge in [-0.25, -0.2) is 4.98 Å². The molecular formula is C13H14Cl2N2. The molecular weight excluding hydrogens is 255 g/mol. The highest BCUT2D eigenvalue weighted by molar-refractivity contribution is 6.19. The molecule has 0 amide bonds. The summed E-state index contributed by atoms with van der Waals surface area (Å²) in [5, 5.41) is 0. The smallest absolute Gasteiger partial charge is 0.0949 e. The van der Waals surface area contributed by atoms with Gasteiger partial charge in [0.25, 0.3) is 0 Å². The van der Waals surface area contributed by atoms with Gasteiger partial charge in [-0.2, -0.15) is 0 Å². The molecule has 17 heavy (non-hydrogen) atoms. The third-order valence-corrected chi connectivity index (χ3v) is 2.48. The summed E-state index contributed by atoms with van der Waals surface area (Å²) in [7, 11) is 0. The summed E-state index contributed by atoms with van der Waals surface area (Å²) in [6.45, 7) is 0.861. The largest absolute Gasteiger partial charge is 0.333 e. The minimum atomic E-state index is 0. The van der Waals surface area contributed by atoms with E-state index in [2.05, 4.69) is 29.2 Å². The molecule has 90 valence electrons. The Morgan fingerprint density at radius 1 is 1.24 bits per heavy atom. The topological polar surface area (TPSA) is 17.8 Å². The molecule has 0 aliphatic rings. The molecule has 0 fully saturated rings. The van der Waals surface area contributed by atoms with Gasteiger partial charge in [0.05, 0.1) is 6.33 Å². The zero-order valence-corrected chi connectivity index (χ0v) is 10.9. The SMILES string of the molecule is Cl.ClCC=Cc1ccc(Cn2ccnc2)cc1. The van der Waals surface area contributed by atoms with Crippen LogP contribution in [0.2, 0.25) is 0 Å². The number of aromatic nitrogens is 2. The third kappa shape index (κ3) is 4.25. The van der Waals surface area contributed by atoms with Crippen molar-refractivity contribution in [3.05, 3.63) is 60.2 Å². The summed E-state index contributed by atoms with van der Waals surface area (Å²) in [6, 6.07) is 8.42. The van der Waals surface area contributed by atoms with E-state index in [1.54, 1.807) is 6.20 Å². The monoisotopic (exact) mass is 268 g/mol. The number of allylic oxidation sites excluding steroid dienone is 1. The second-order valence-electron chi connectivity index (χ2n) is 3.53. The second-order valence-corrected chi connectivity index (χ2v) is 3.84. The van der Waals surface area contributed by atoms with E-state index >= 15 is 0 Å². The molecule has 0 atom stereocenters. The highest BCUT2D eigenvalue weighted by atomic mass is 35.5. The molecule has 2 aromatic rings. The van der Waals surface area contributed by atoms with E-state index in [4.69, 9.17) is 11.6 Å². The summed E-state index contributed by atoms with van der Waals surface area (Å²) in [5.74, 6) is 0.552. The lowest BCUT2D eigenvalue weighted by Crippen LogP contribution is -1.95. The number of alkyl halides is 1. The number of hydrogen-bond donors (Lipinski definition) is 0. The van der Waals surface area contributed by atoms with Crippen LogP contribution in [-0.4, -0.2) is 15.4 Å². The van der Waals surface area contributed by atoms with Gasteiger partial charge >= 0.3 is 0 Å². The van der Waals surface area contributed by atoms with Crippen LogP contribution in [0.5, 0.6) is 0 Å². The van der Waals surface area contributed by atoms with Gasteiger partial charge in [0, 0.05) is 24.8 Å². The van der Waals surface area contributed by atoms with Crippen LogP contribution in [0.3, 0.4) is 0 Å². The Morgan fingerprint density at radius 3 is 2.59 bits per heavy atom. The van der Waals surface area contributed by atoms with E-state index in [9.17, 15) is 0 Å². The van der Waals surface area contributed by atoms with Crippen molar-refractivity contribution in [1.29, 1.82) is 0 Å². The lowest BCUT2D eigenvalue weighted by molar-refractivity contribution is 0.797. The highest BCUT2D eigenvalue weighted by Gasteiger charge is 1.94. The lowest BCUT2D eigenvalue weighted by atomic mass is 10.1. The van der Waals surface area contributed by atoms with E-state index in [0.29, 0.717) is 5.88 Å². The molecule has 0 aliphatic carbocycles. The first-order valence-electron chi connectivity index (χ1n) is 5.15. The standard InChI is InChI=1S/C13H13ClN2.ClH/c14-7-1-2-12-3-5-13(6-4-12)10-16-9-8-15-11-16;/h1-6,8-9,11H,7,10H2;1H. The third-order valence-electron chi connectivity index (χ3n) is 2.30. The quantitative estimate of drug-likeness (QED) is 0.775. The summed E-state index contributed by atoms with van der Waals surface area (Å²) in [4.78, 5) is 4.01. The average molecular weight is 269 g/mol. The van der Waals surface area contributed by atoms with Crippen molar-refractivity contribution in [1.82, 2.24) is 9.55 Å². The number of imidazole rings is 1. The van der Waals surface area contributed by atoms with Gasteiger partial charge in [-0.15, -0.1) is 24.0 Å². The van der Waals surface area contributed by atoms with E-state index in [-0.39, 0.29) is 12.4 Å². The number of halogens is 2. The van der Waals surface area contributed by atoms with Crippen LogP contribution >= 0.6 is 24.0 Å². The van der Waals surface area contributed by atoms with Gasteiger partial charge in [-0.05, 0) is 11.1 Å². The molecule has 0 spiro atoms. The van der Waals surface area contributed by atoms with Crippen LogP contribution in [-0.2, 0) is 6.54 Å². The maximum absolute atomic E-state index is 5.58. The molecule has 4 heteroatoms. The van der Waals surface area contributed by atoms with Crippen LogP contribution in [0.4, 0.5) is 0 Å². The highest BCUT2D eigenvalue weighted by Crippen LogP contribution is 2.08. The molecule has 2 rings (SSSR count). The summed E-state index contributed by atoms with van der Waals surface area (Å²) < 4.78 is 2.05. The molecule has 0 radical (unpaired) electrons. The van der Waals surface area contributed by atoms with Gasteiger partial charge < -0.3 is 4.57 Å². The Morgan fingerprint density at radius 2 is 2.00 bits per heavy atom. The fourth-order valence-corrected chi connectivity index (χ4v) is 1.59. The van der Waals surface area contributed by atoms with Crippen LogP contribution in [0.15, 0.2) is 49.1 Å². The average Bonchev–Trinajstić information content (AvgIpc) is 2.81. The zero-order valence-electron chi connectivity index (χ0n) is 9.29. The first kappa shape index (κ1) is 13.8. The maximum Gasteiger partial charge on any atom is 0.0949 e. The Bertz CT molecular complexity index is 447. The predicted octanol–water partition coefficient (Wildman–Crippen LogP) is 3.61. The van der Waals surface area contributed by atoms with Crippen molar-refractivity contribution in [3.8, 4) is 0 Å². The molecule has 2 nitrogen and oxygen atoms in total. The Labute approximate surface area is 112 Å². The van der Waals surface area contributed by atoms with Gasteiger partial charge in [-0.3, -0.25) is 0 Å². The van der Waals surface area contributed by atoms with Crippen molar-refractivity contribution < 1.29 is 0 Å². The fraction of sp³-hybridized carbons (Fsp3) is 0.154. The van der Waals surface area contributed by atoms with E-state index in [1.165, 1.54) is 11.1 Å². The molecule has 0 N–H and O–H groups in total. The van der Waals surface area contributed by atoms with E-state index < -0.39 is 0 Å². The van der Waals surface area contributed by atoms with Crippen molar-refractivity contribution >= 4 is 30.1 Å². The van der Waals surface area contributed by atoms with Crippen LogP contribution in [0, 0.1) is 0 Å². The molecule has 0 saturated heterocycles. The van der Waals surface area contributed by atoms with Crippen LogP contribution in [0.1, 0.15) is 11.1 Å². The number of hydrogen-bond acceptors (Lipinski definition) is 1. The first-order chi connectivity index (χ1) is 7.88. The molecule has 1 heterocycles. The molecule has 1 aromatic carbocycles. The Hall–Kier alpha value is -1.25. The van der Waals surface area contributed by atoms with Crippen molar-refractivity contribution in [2.24, 2.45) is 0 Å². The minimum absolute atomic E-state index is 0. The van der Waals surface area contributed by atoms with Gasteiger partial charge in [0.15, 0.2) is 0 Å². The fourth-order valence-electron chi connectivity index (χ4n) is 1.51. The summed E-state index contributed by atoms with van der Waals surface area (Å²) in [6.07, 6.45) is 9.53. The van der Waals surface area contributed by atoms with Crippen molar-refractivity contribution in [2.75, 3.05) is 5.88 Å². The Kier molecular flexibility index (Phi) is 5.81. The zero-order chi connectivity index (χ0) is 11.2. The number of rotatable bonds is 4. The van der Waals surface area contributed by atoms with Crippen molar-refractivity contribution in [3.63, 3.8) is 0 Å².